The Morgan fingerprint density at radius 3 is 2.37 bits per heavy atom. The lowest BCUT2D eigenvalue weighted by molar-refractivity contribution is -0.121. The van der Waals surface area contributed by atoms with Gasteiger partial charge in [-0.15, -0.1) is 0 Å². The number of carbonyl (C=O) groups excluding carboxylic acids is 2. The normalized spacial score (nSPS) is 20.3. The van der Waals surface area contributed by atoms with Crippen LogP contribution in [0.5, 0.6) is 0 Å². The van der Waals surface area contributed by atoms with Gasteiger partial charge in [0.1, 0.15) is 0 Å². The van der Waals surface area contributed by atoms with E-state index in [1.54, 1.807) is 6.07 Å². The number of amides is 2. The number of benzene rings is 1. The molecule has 0 saturated carbocycles. The van der Waals surface area contributed by atoms with E-state index < -0.39 is 5.25 Å². The van der Waals surface area contributed by atoms with Crippen LogP contribution in [0.2, 0.25) is 5.02 Å². The highest BCUT2D eigenvalue weighted by Gasteiger charge is 2.38. The van der Waals surface area contributed by atoms with Crippen LogP contribution < -0.4 is 4.90 Å². The average molecular weight is 298 g/mol. The minimum Gasteiger partial charge on any atom is -0.274 e. The Labute approximate surface area is 123 Å². The van der Waals surface area contributed by atoms with Gasteiger partial charge in [-0.3, -0.25) is 9.59 Å². The second-order valence-electron chi connectivity index (χ2n) is 5.70. The van der Waals surface area contributed by atoms with Gasteiger partial charge in [-0.2, -0.15) is 12.6 Å². The van der Waals surface area contributed by atoms with Gasteiger partial charge in [-0.05, 0) is 23.1 Å². The van der Waals surface area contributed by atoms with Gasteiger partial charge >= 0.3 is 0 Å². The van der Waals surface area contributed by atoms with E-state index >= 15 is 0 Å². The third-order valence-electron chi connectivity index (χ3n) is 3.18. The summed E-state index contributed by atoms with van der Waals surface area (Å²) in [6.07, 6.45) is 0.124. The van der Waals surface area contributed by atoms with E-state index in [2.05, 4.69) is 33.4 Å². The molecule has 0 spiro atoms. The highest BCUT2D eigenvalue weighted by Crippen LogP contribution is 2.34. The largest absolute Gasteiger partial charge is 0.274 e. The van der Waals surface area contributed by atoms with E-state index in [-0.39, 0.29) is 23.7 Å². The maximum Gasteiger partial charge on any atom is 0.247 e. The number of thiol groups is 1. The van der Waals surface area contributed by atoms with Gasteiger partial charge in [0.15, 0.2) is 0 Å². The molecule has 1 fully saturated rings. The molecule has 1 atom stereocenters. The number of halogens is 1. The van der Waals surface area contributed by atoms with Crippen molar-refractivity contribution in [2.45, 2.75) is 37.9 Å². The number of carbonyl (C=O) groups is 2. The molecule has 1 saturated heterocycles. The maximum absolute atomic E-state index is 11.9. The van der Waals surface area contributed by atoms with E-state index in [1.807, 2.05) is 12.1 Å². The number of nitrogens with zero attached hydrogens (tertiary/aromatic N) is 1. The molecule has 2 amide bonds. The fourth-order valence-corrected chi connectivity index (χ4v) is 2.56. The fraction of sp³-hybridized carbons (Fsp3) is 0.429. The summed E-state index contributed by atoms with van der Waals surface area (Å²) < 4.78 is 0. The molecule has 19 heavy (non-hydrogen) atoms. The number of anilines is 1. The molecule has 0 aliphatic carbocycles. The van der Waals surface area contributed by atoms with Crippen LogP contribution in [-0.4, -0.2) is 17.1 Å². The van der Waals surface area contributed by atoms with Crippen LogP contribution in [0.3, 0.4) is 0 Å². The summed E-state index contributed by atoms with van der Waals surface area (Å²) in [7, 11) is 0. The summed E-state index contributed by atoms with van der Waals surface area (Å²) in [6.45, 7) is 6.23. The molecule has 1 aromatic carbocycles. The minimum atomic E-state index is -0.564. The van der Waals surface area contributed by atoms with E-state index in [0.29, 0.717) is 10.7 Å². The Morgan fingerprint density at radius 2 is 1.95 bits per heavy atom. The molecular weight excluding hydrogens is 282 g/mol. The van der Waals surface area contributed by atoms with Crippen molar-refractivity contribution in [1.82, 2.24) is 0 Å². The second-order valence-corrected chi connectivity index (χ2v) is 6.73. The average Bonchev–Trinajstić information content (AvgIpc) is 2.53. The van der Waals surface area contributed by atoms with Crippen molar-refractivity contribution in [1.29, 1.82) is 0 Å². The van der Waals surface area contributed by atoms with Crippen molar-refractivity contribution in [3.63, 3.8) is 0 Å². The van der Waals surface area contributed by atoms with Crippen LogP contribution in [0, 0.1) is 0 Å². The Balaban J connectivity index is 2.42. The number of rotatable bonds is 1. The lowest BCUT2D eigenvalue weighted by Crippen LogP contribution is -2.31. The van der Waals surface area contributed by atoms with Crippen molar-refractivity contribution in [3.05, 3.63) is 28.8 Å². The zero-order valence-electron chi connectivity index (χ0n) is 11.1. The van der Waals surface area contributed by atoms with Crippen LogP contribution in [0.15, 0.2) is 18.2 Å². The summed E-state index contributed by atoms with van der Waals surface area (Å²) in [4.78, 5) is 24.9. The third kappa shape index (κ3) is 2.65. The van der Waals surface area contributed by atoms with Gasteiger partial charge in [0.05, 0.1) is 16.0 Å². The second kappa shape index (κ2) is 4.84. The first kappa shape index (κ1) is 14.4. The molecule has 0 bridgehead atoms. The predicted octanol–water partition coefficient (Wildman–Crippen LogP) is 3.20. The van der Waals surface area contributed by atoms with Gasteiger partial charge in [0.2, 0.25) is 11.8 Å². The monoisotopic (exact) mass is 297 g/mol. The van der Waals surface area contributed by atoms with Gasteiger partial charge in [-0.25, -0.2) is 4.90 Å². The molecule has 1 unspecified atom stereocenters. The standard InChI is InChI=1S/C14H16ClNO2S/c1-14(2,3)8-4-5-10(9(15)6-8)16-12(17)7-11(19)13(16)18/h4-6,11,19H,7H2,1-3H3. The van der Waals surface area contributed by atoms with Crippen LogP contribution >= 0.6 is 24.2 Å². The predicted molar refractivity (Wildman–Crippen MR) is 80.0 cm³/mol. The molecule has 3 nitrogen and oxygen atoms in total. The molecule has 1 aliphatic rings. The number of hydrogen-bond donors (Lipinski definition) is 1. The highest BCUT2D eigenvalue weighted by atomic mass is 35.5. The van der Waals surface area contributed by atoms with Crippen molar-refractivity contribution >= 4 is 41.7 Å². The van der Waals surface area contributed by atoms with Gasteiger partial charge < -0.3 is 0 Å². The Bertz CT molecular complexity index is 551. The Kier molecular flexibility index (Phi) is 3.67. The van der Waals surface area contributed by atoms with Gasteiger partial charge in [0, 0.05) is 6.42 Å². The lowest BCUT2D eigenvalue weighted by atomic mass is 9.87. The van der Waals surface area contributed by atoms with E-state index in [9.17, 15) is 9.59 Å². The molecule has 5 heteroatoms. The van der Waals surface area contributed by atoms with Crippen LogP contribution in [0.4, 0.5) is 5.69 Å². The van der Waals surface area contributed by atoms with E-state index in [1.165, 1.54) is 0 Å². The molecular formula is C14H16ClNO2S. The topological polar surface area (TPSA) is 37.4 Å². The lowest BCUT2D eigenvalue weighted by Gasteiger charge is -2.22. The maximum atomic E-state index is 11.9. The fourth-order valence-electron chi connectivity index (χ4n) is 2.02. The molecule has 102 valence electrons. The molecule has 0 radical (unpaired) electrons. The van der Waals surface area contributed by atoms with Gasteiger partial charge in [0.25, 0.3) is 0 Å². The SMILES string of the molecule is CC(C)(C)c1ccc(N2C(=O)CC(S)C2=O)c(Cl)c1. The number of imide groups is 1. The Morgan fingerprint density at radius 1 is 1.32 bits per heavy atom. The summed E-state index contributed by atoms with van der Waals surface area (Å²) >= 11 is 10.3. The molecule has 1 aliphatic heterocycles. The molecule has 2 rings (SSSR count). The highest BCUT2D eigenvalue weighted by molar-refractivity contribution is 7.82. The van der Waals surface area contributed by atoms with Crippen LogP contribution in [0.1, 0.15) is 32.8 Å². The van der Waals surface area contributed by atoms with Crippen molar-refractivity contribution in [2.75, 3.05) is 4.90 Å². The third-order valence-corrected chi connectivity index (χ3v) is 3.88. The summed E-state index contributed by atoms with van der Waals surface area (Å²) in [6, 6.07) is 5.43. The minimum absolute atomic E-state index is 0.0344. The smallest absolute Gasteiger partial charge is 0.247 e. The van der Waals surface area contributed by atoms with Crippen molar-refractivity contribution in [2.24, 2.45) is 0 Å². The van der Waals surface area contributed by atoms with E-state index in [4.69, 9.17) is 11.6 Å². The van der Waals surface area contributed by atoms with E-state index in [0.717, 1.165) is 10.5 Å². The first-order chi connectivity index (χ1) is 8.71. The first-order valence-electron chi connectivity index (χ1n) is 6.06. The molecule has 0 aromatic heterocycles. The summed E-state index contributed by atoms with van der Waals surface area (Å²) in [5.74, 6) is -0.561. The summed E-state index contributed by atoms with van der Waals surface area (Å²) in [5, 5.41) is -0.151. The van der Waals surface area contributed by atoms with Crippen LogP contribution in [-0.2, 0) is 15.0 Å². The van der Waals surface area contributed by atoms with Crippen molar-refractivity contribution in [3.8, 4) is 0 Å². The quantitative estimate of drug-likeness (QED) is 0.638. The zero-order chi connectivity index (χ0) is 14.4. The number of hydrogen-bond acceptors (Lipinski definition) is 3. The Hall–Kier alpha value is -1.00. The zero-order valence-corrected chi connectivity index (χ0v) is 12.8. The molecule has 1 heterocycles. The van der Waals surface area contributed by atoms with Crippen LogP contribution in [0.25, 0.3) is 0 Å². The van der Waals surface area contributed by atoms with Gasteiger partial charge in [-0.1, -0.05) is 38.4 Å². The van der Waals surface area contributed by atoms with Crippen molar-refractivity contribution < 1.29 is 9.59 Å². The summed E-state index contributed by atoms with van der Waals surface area (Å²) in [5.41, 5.74) is 1.47. The first-order valence-corrected chi connectivity index (χ1v) is 6.96. The molecule has 1 aromatic rings. The molecule has 0 N–H and O–H groups in total.